The molecule has 0 heterocycles. The fourth-order valence-electron chi connectivity index (χ4n) is 1.99. The van der Waals surface area contributed by atoms with Crippen molar-refractivity contribution in [2.24, 2.45) is 0 Å². The minimum Gasteiger partial charge on any atom is -0.490 e. The molecule has 0 aliphatic carbocycles. The summed E-state index contributed by atoms with van der Waals surface area (Å²) in [5.74, 6) is 1.62. The lowest BCUT2D eigenvalue weighted by Gasteiger charge is -2.11. The number of ether oxygens (including phenoxy) is 2. The van der Waals surface area contributed by atoms with Crippen molar-refractivity contribution in [3.05, 3.63) is 54.1 Å². The molecule has 0 bridgehead atoms. The number of anilines is 1. The first kappa shape index (κ1) is 14.3. The zero-order chi connectivity index (χ0) is 14.2. The molecule has 3 heteroatoms. The van der Waals surface area contributed by atoms with E-state index >= 15 is 0 Å². The molecule has 2 rings (SSSR count). The topological polar surface area (TPSA) is 44.5 Å². The van der Waals surface area contributed by atoms with Crippen LogP contribution in [0, 0.1) is 0 Å². The van der Waals surface area contributed by atoms with Crippen LogP contribution >= 0.6 is 0 Å². The second-order valence-corrected chi connectivity index (χ2v) is 4.57. The summed E-state index contributed by atoms with van der Waals surface area (Å²) in [5.41, 5.74) is 7.74. The second kappa shape index (κ2) is 7.43. The van der Waals surface area contributed by atoms with E-state index in [0.717, 1.165) is 30.0 Å². The monoisotopic (exact) mass is 271 g/mol. The minimum atomic E-state index is 0.645. The Bertz CT molecular complexity index is 523. The molecule has 0 unspecified atom stereocenters. The molecule has 0 amide bonds. The van der Waals surface area contributed by atoms with Gasteiger partial charge in [0.1, 0.15) is 0 Å². The lowest BCUT2D eigenvalue weighted by atomic mass is 10.1. The fourth-order valence-corrected chi connectivity index (χ4v) is 1.99. The second-order valence-electron chi connectivity index (χ2n) is 4.57. The summed E-state index contributed by atoms with van der Waals surface area (Å²) in [6.45, 7) is 3.29. The van der Waals surface area contributed by atoms with Crippen molar-refractivity contribution in [1.29, 1.82) is 0 Å². The summed E-state index contributed by atoms with van der Waals surface area (Å²) in [6, 6.07) is 15.8. The molecule has 0 aromatic heterocycles. The van der Waals surface area contributed by atoms with E-state index in [2.05, 4.69) is 12.1 Å². The molecule has 2 aromatic rings. The van der Waals surface area contributed by atoms with Crippen LogP contribution in [0.1, 0.15) is 18.9 Å². The summed E-state index contributed by atoms with van der Waals surface area (Å²) in [4.78, 5) is 0. The van der Waals surface area contributed by atoms with Gasteiger partial charge in [0.2, 0.25) is 0 Å². The number of rotatable bonds is 7. The van der Waals surface area contributed by atoms with Crippen molar-refractivity contribution < 1.29 is 9.47 Å². The van der Waals surface area contributed by atoms with Gasteiger partial charge in [-0.1, -0.05) is 24.3 Å². The summed E-state index contributed by atoms with van der Waals surface area (Å²) >= 11 is 0. The Morgan fingerprint density at radius 1 is 0.900 bits per heavy atom. The van der Waals surface area contributed by atoms with E-state index in [0.29, 0.717) is 13.2 Å². The van der Waals surface area contributed by atoms with Crippen molar-refractivity contribution in [2.45, 2.75) is 19.8 Å². The Labute approximate surface area is 120 Å². The van der Waals surface area contributed by atoms with E-state index in [1.54, 1.807) is 0 Å². The number of hydrogen-bond acceptors (Lipinski definition) is 3. The van der Waals surface area contributed by atoms with Gasteiger partial charge in [-0.3, -0.25) is 0 Å². The molecule has 2 N–H and O–H groups in total. The molecular weight excluding hydrogens is 250 g/mol. The zero-order valence-electron chi connectivity index (χ0n) is 11.8. The van der Waals surface area contributed by atoms with E-state index in [-0.39, 0.29) is 0 Å². The molecule has 0 saturated carbocycles. The highest BCUT2D eigenvalue weighted by Crippen LogP contribution is 2.26. The van der Waals surface area contributed by atoms with Gasteiger partial charge in [0.25, 0.3) is 0 Å². The van der Waals surface area contributed by atoms with Gasteiger partial charge in [0.15, 0.2) is 11.5 Å². The molecule has 20 heavy (non-hydrogen) atoms. The van der Waals surface area contributed by atoms with Crippen LogP contribution in [0.2, 0.25) is 0 Å². The first-order valence-electron chi connectivity index (χ1n) is 6.98. The first-order valence-corrected chi connectivity index (χ1v) is 6.98. The Hall–Kier alpha value is -2.16. The van der Waals surface area contributed by atoms with Crippen molar-refractivity contribution in [3.63, 3.8) is 0 Å². The van der Waals surface area contributed by atoms with E-state index in [1.165, 1.54) is 5.56 Å². The number of nitrogen functional groups attached to an aromatic ring is 1. The standard InChI is InChI=1S/C17H21NO2/c1-2-19-16-7-3-4-8-17(16)20-13-5-6-14-9-11-15(18)12-10-14/h3-4,7-12H,2,5-6,13,18H2,1H3. The maximum Gasteiger partial charge on any atom is 0.161 e. The quantitative estimate of drug-likeness (QED) is 0.617. The Morgan fingerprint density at radius 2 is 1.55 bits per heavy atom. The summed E-state index contributed by atoms with van der Waals surface area (Å²) < 4.78 is 11.3. The van der Waals surface area contributed by atoms with Crippen LogP contribution < -0.4 is 15.2 Å². The zero-order valence-corrected chi connectivity index (χ0v) is 11.8. The highest BCUT2D eigenvalue weighted by Gasteiger charge is 2.03. The first-order chi connectivity index (χ1) is 9.79. The molecule has 106 valence electrons. The van der Waals surface area contributed by atoms with Gasteiger partial charge in [-0.2, -0.15) is 0 Å². The number of hydrogen-bond donors (Lipinski definition) is 1. The van der Waals surface area contributed by atoms with Gasteiger partial charge in [-0.05, 0) is 49.6 Å². The highest BCUT2D eigenvalue weighted by molar-refractivity contribution is 5.40. The lowest BCUT2D eigenvalue weighted by Crippen LogP contribution is -2.02. The van der Waals surface area contributed by atoms with Crippen LogP contribution in [0.15, 0.2) is 48.5 Å². The average molecular weight is 271 g/mol. The van der Waals surface area contributed by atoms with E-state index in [9.17, 15) is 0 Å². The van der Waals surface area contributed by atoms with Crippen molar-refractivity contribution in [2.75, 3.05) is 18.9 Å². The summed E-state index contributed by atoms with van der Waals surface area (Å²) in [7, 11) is 0. The van der Waals surface area contributed by atoms with E-state index in [1.807, 2.05) is 43.3 Å². The molecule has 0 aliphatic rings. The predicted octanol–water partition coefficient (Wildman–Crippen LogP) is 3.68. The summed E-state index contributed by atoms with van der Waals surface area (Å²) in [5, 5.41) is 0. The molecule has 0 saturated heterocycles. The van der Waals surface area contributed by atoms with Crippen LogP contribution in [0.25, 0.3) is 0 Å². The molecule has 0 aliphatic heterocycles. The van der Waals surface area contributed by atoms with Gasteiger partial charge in [0, 0.05) is 5.69 Å². The third-order valence-corrected chi connectivity index (χ3v) is 3.00. The number of aryl methyl sites for hydroxylation is 1. The minimum absolute atomic E-state index is 0.645. The van der Waals surface area contributed by atoms with Crippen molar-refractivity contribution >= 4 is 5.69 Å². The normalized spacial score (nSPS) is 10.2. The number of benzene rings is 2. The van der Waals surface area contributed by atoms with Gasteiger partial charge in [-0.25, -0.2) is 0 Å². The van der Waals surface area contributed by atoms with Crippen LogP contribution in [-0.4, -0.2) is 13.2 Å². The number of para-hydroxylation sites is 2. The molecule has 0 fully saturated rings. The summed E-state index contributed by atoms with van der Waals surface area (Å²) in [6.07, 6.45) is 1.95. The van der Waals surface area contributed by atoms with Crippen molar-refractivity contribution in [3.8, 4) is 11.5 Å². The molecule has 0 radical (unpaired) electrons. The van der Waals surface area contributed by atoms with Crippen LogP contribution in [0.5, 0.6) is 11.5 Å². The maximum atomic E-state index is 5.79. The third kappa shape index (κ3) is 4.19. The average Bonchev–Trinajstić information content (AvgIpc) is 2.47. The van der Waals surface area contributed by atoms with Crippen LogP contribution in [0.3, 0.4) is 0 Å². The largest absolute Gasteiger partial charge is 0.490 e. The molecule has 0 atom stereocenters. The molecule has 0 spiro atoms. The maximum absolute atomic E-state index is 5.79. The van der Waals surface area contributed by atoms with E-state index < -0.39 is 0 Å². The third-order valence-electron chi connectivity index (χ3n) is 3.00. The number of nitrogens with two attached hydrogens (primary N) is 1. The van der Waals surface area contributed by atoms with Gasteiger partial charge in [0.05, 0.1) is 13.2 Å². The van der Waals surface area contributed by atoms with E-state index in [4.69, 9.17) is 15.2 Å². The Morgan fingerprint density at radius 3 is 2.20 bits per heavy atom. The van der Waals surface area contributed by atoms with Gasteiger partial charge >= 0.3 is 0 Å². The van der Waals surface area contributed by atoms with Crippen LogP contribution in [0.4, 0.5) is 5.69 Å². The van der Waals surface area contributed by atoms with Crippen LogP contribution in [-0.2, 0) is 6.42 Å². The highest BCUT2D eigenvalue weighted by atomic mass is 16.5. The Balaban J connectivity index is 1.79. The Kier molecular flexibility index (Phi) is 5.30. The van der Waals surface area contributed by atoms with Gasteiger partial charge in [-0.15, -0.1) is 0 Å². The SMILES string of the molecule is CCOc1ccccc1OCCCc1ccc(N)cc1. The van der Waals surface area contributed by atoms with Crippen molar-refractivity contribution in [1.82, 2.24) is 0 Å². The molecular formula is C17H21NO2. The smallest absolute Gasteiger partial charge is 0.161 e. The predicted molar refractivity (Wildman–Crippen MR) is 82.3 cm³/mol. The molecule has 2 aromatic carbocycles. The molecule has 3 nitrogen and oxygen atoms in total. The fraction of sp³-hybridized carbons (Fsp3) is 0.294. The van der Waals surface area contributed by atoms with Gasteiger partial charge < -0.3 is 15.2 Å². The lowest BCUT2D eigenvalue weighted by molar-refractivity contribution is 0.273.